The molecule has 1 fully saturated rings. The van der Waals surface area contributed by atoms with Crippen LogP contribution in [0.2, 0.25) is 0 Å². The zero-order chi connectivity index (χ0) is 27.9. The number of amides is 1. The lowest BCUT2D eigenvalue weighted by Gasteiger charge is -2.43. The number of aromatic nitrogens is 3. The van der Waals surface area contributed by atoms with Crippen molar-refractivity contribution < 1.29 is 32.4 Å². The van der Waals surface area contributed by atoms with Gasteiger partial charge in [0.1, 0.15) is 28.5 Å². The number of sulfonamides is 1. The predicted molar refractivity (Wildman–Crippen MR) is 143 cm³/mol. The van der Waals surface area contributed by atoms with Gasteiger partial charge in [-0.2, -0.15) is 4.31 Å². The maximum Gasteiger partial charge on any atom is 0.412 e. The minimum atomic E-state index is -3.50. The molecular formula is C24H21N5O7S3. The number of anilines is 1. The molecule has 39 heavy (non-hydrogen) atoms. The van der Waals surface area contributed by atoms with Gasteiger partial charge in [0.15, 0.2) is 20.4 Å². The largest absolute Gasteiger partial charge is 0.480 e. The molecule has 1 atom stereocenters. The molecule has 4 heterocycles. The molecule has 0 radical (unpaired) electrons. The van der Waals surface area contributed by atoms with Gasteiger partial charge in [-0.3, -0.25) is 10.1 Å². The van der Waals surface area contributed by atoms with Gasteiger partial charge in [0.2, 0.25) is 10.0 Å². The SMILES string of the molecule is Cc1ccccc1C(C)OC(=O)Nc1conc1C#Cc1nc2sc(C3(C(=O)O)CN(S(C)(=O)=O)C3)nc2s1. The number of benzene rings is 1. The van der Waals surface area contributed by atoms with E-state index < -0.39 is 33.6 Å². The molecule has 0 aliphatic carbocycles. The zero-order valence-electron chi connectivity index (χ0n) is 20.8. The standard InChI is InChI=1S/C24H21N5O7S3/c1-13-6-4-5-7-15(13)14(2)36-23(32)25-17-10-35-28-16(17)8-9-18-26-19-20(37-18)27-21(38-19)24(22(30)31)11-29(12-24)39(3,33)34/h4-7,10,14H,11-12H2,1-3H3,(H,25,32)(H,30,31). The van der Waals surface area contributed by atoms with Crippen LogP contribution in [0.15, 0.2) is 35.1 Å². The molecular weight excluding hydrogens is 566 g/mol. The predicted octanol–water partition coefficient (Wildman–Crippen LogP) is 3.36. The van der Waals surface area contributed by atoms with Crippen molar-refractivity contribution in [2.45, 2.75) is 25.4 Å². The molecule has 1 aliphatic heterocycles. The Morgan fingerprint density at radius 3 is 2.59 bits per heavy atom. The Kier molecular flexibility index (Phi) is 6.89. The van der Waals surface area contributed by atoms with E-state index in [4.69, 9.17) is 9.26 Å². The molecule has 4 aromatic rings. The summed E-state index contributed by atoms with van der Waals surface area (Å²) in [5.41, 5.74) is 0.890. The Morgan fingerprint density at radius 2 is 1.92 bits per heavy atom. The number of carbonyl (C=O) groups is 2. The number of aliphatic carboxylic acids is 1. The van der Waals surface area contributed by atoms with E-state index in [0.717, 1.165) is 44.4 Å². The molecule has 1 saturated heterocycles. The summed E-state index contributed by atoms with van der Waals surface area (Å²) < 4.78 is 35.0. The summed E-state index contributed by atoms with van der Waals surface area (Å²) in [4.78, 5) is 34.2. The number of thiazole rings is 2. The van der Waals surface area contributed by atoms with Gasteiger partial charge in [-0.1, -0.05) is 52.1 Å². The van der Waals surface area contributed by atoms with Crippen molar-refractivity contribution in [2.75, 3.05) is 24.7 Å². The van der Waals surface area contributed by atoms with Gasteiger partial charge < -0.3 is 14.4 Å². The third-order valence-electron chi connectivity index (χ3n) is 6.16. The average Bonchev–Trinajstić information content (AvgIpc) is 3.51. The van der Waals surface area contributed by atoms with Crippen LogP contribution < -0.4 is 5.32 Å². The quantitative estimate of drug-likeness (QED) is 0.320. The maximum atomic E-state index is 12.4. The molecule has 3 aromatic heterocycles. The topological polar surface area (TPSA) is 165 Å². The molecule has 1 aliphatic rings. The summed E-state index contributed by atoms with van der Waals surface area (Å²) in [6, 6.07) is 7.60. The first kappa shape index (κ1) is 26.8. The van der Waals surface area contributed by atoms with E-state index >= 15 is 0 Å². The van der Waals surface area contributed by atoms with Crippen molar-refractivity contribution in [3.8, 4) is 11.8 Å². The van der Waals surface area contributed by atoms with E-state index in [-0.39, 0.29) is 24.5 Å². The average molecular weight is 588 g/mol. The zero-order valence-corrected chi connectivity index (χ0v) is 23.2. The highest BCUT2D eigenvalue weighted by Gasteiger charge is 2.56. The molecule has 0 spiro atoms. The van der Waals surface area contributed by atoms with Crippen LogP contribution in [0.1, 0.15) is 39.9 Å². The number of nitrogens with one attached hydrogen (secondary N) is 1. The number of fused-ring (bicyclic) bond motifs is 1. The van der Waals surface area contributed by atoms with E-state index in [1.165, 1.54) is 6.26 Å². The highest BCUT2D eigenvalue weighted by molar-refractivity contribution is 7.88. The first-order valence-electron chi connectivity index (χ1n) is 11.4. The van der Waals surface area contributed by atoms with Crippen molar-refractivity contribution >= 4 is 60.1 Å². The van der Waals surface area contributed by atoms with E-state index in [1.54, 1.807) is 6.92 Å². The summed E-state index contributed by atoms with van der Waals surface area (Å²) in [5, 5.41) is 16.9. The molecule has 5 rings (SSSR count). The third-order valence-corrected chi connectivity index (χ3v) is 9.50. The van der Waals surface area contributed by atoms with Crippen LogP contribution >= 0.6 is 22.7 Å². The minimum absolute atomic E-state index is 0.169. The Labute approximate surface area is 230 Å². The molecule has 15 heteroatoms. The summed E-state index contributed by atoms with van der Waals surface area (Å²) in [6.45, 7) is 3.35. The van der Waals surface area contributed by atoms with Gasteiger partial charge in [0.05, 0.1) is 6.26 Å². The molecule has 1 amide bonds. The number of hydrogen-bond donors (Lipinski definition) is 2. The van der Waals surface area contributed by atoms with Crippen molar-refractivity contribution in [3.63, 3.8) is 0 Å². The minimum Gasteiger partial charge on any atom is -0.480 e. The van der Waals surface area contributed by atoms with Crippen LogP contribution in [0, 0.1) is 18.8 Å². The molecule has 0 saturated carbocycles. The summed E-state index contributed by atoms with van der Waals surface area (Å²) in [6.07, 6.45) is 1.11. The van der Waals surface area contributed by atoms with E-state index in [2.05, 4.69) is 32.3 Å². The lowest BCUT2D eigenvalue weighted by Crippen LogP contribution is -2.64. The molecule has 0 bridgehead atoms. The summed E-state index contributed by atoms with van der Waals surface area (Å²) in [5.74, 6) is 4.51. The van der Waals surface area contributed by atoms with E-state index in [9.17, 15) is 23.1 Å². The second-order valence-corrected chi connectivity index (χ2v) is 12.9. The number of rotatable bonds is 6. The lowest BCUT2D eigenvalue weighted by atomic mass is 9.82. The highest BCUT2D eigenvalue weighted by atomic mass is 32.2. The van der Waals surface area contributed by atoms with Gasteiger partial charge in [0.25, 0.3) is 0 Å². The number of carboxylic acid groups (broad SMARTS) is 1. The van der Waals surface area contributed by atoms with Crippen LogP contribution in [-0.2, 0) is 25.0 Å². The third kappa shape index (κ3) is 5.23. The molecule has 202 valence electrons. The second kappa shape index (κ2) is 10.0. The Morgan fingerprint density at radius 1 is 1.21 bits per heavy atom. The number of aryl methyl sites for hydroxylation is 1. The number of nitrogens with zero attached hydrogens (tertiary/aromatic N) is 4. The van der Waals surface area contributed by atoms with Crippen LogP contribution in [0.5, 0.6) is 0 Å². The Hall–Kier alpha value is -3.84. The second-order valence-electron chi connectivity index (χ2n) is 8.92. The fraction of sp³-hybridized carbons (Fsp3) is 0.292. The Balaban J connectivity index is 1.28. The van der Waals surface area contributed by atoms with Gasteiger partial charge in [-0.05, 0) is 36.8 Å². The van der Waals surface area contributed by atoms with Crippen molar-refractivity contribution in [3.05, 3.63) is 57.4 Å². The maximum absolute atomic E-state index is 12.4. The molecule has 1 unspecified atom stereocenters. The van der Waals surface area contributed by atoms with E-state index in [0.29, 0.717) is 19.7 Å². The fourth-order valence-electron chi connectivity index (χ4n) is 3.99. The van der Waals surface area contributed by atoms with Crippen LogP contribution in [0.3, 0.4) is 0 Å². The number of hydrogen-bond acceptors (Lipinski definition) is 11. The molecule has 1 aromatic carbocycles. The summed E-state index contributed by atoms with van der Waals surface area (Å²) in [7, 11) is -3.50. The van der Waals surface area contributed by atoms with Gasteiger partial charge >= 0.3 is 12.1 Å². The van der Waals surface area contributed by atoms with Gasteiger partial charge in [-0.15, -0.1) is 0 Å². The molecule has 12 nitrogen and oxygen atoms in total. The Bertz CT molecular complexity index is 1720. The van der Waals surface area contributed by atoms with Crippen molar-refractivity contribution in [1.29, 1.82) is 0 Å². The van der Waals surface area contributed by atoms with Crippen LogP contribution in [0.25, 0.3) is 9.66 Å². The first-order valence-corrected chi connectivity index (χ1v) is 14.9. The molecule has 2 N–H and O–H groups in total. The number of carboxylic acids is 1. The van der Waals surface area contributed by atoms with Crippen LogP contribution in [-0.4, -0.2) is 64.4 Å². The van der Waals surface area contributed by atoms with Gasteiger partial charge in [0, 0.05) is 13.1 Å². The smallest absolute Gasteiger partial charge is 0.412 e. The lowest BCUT2D eigenvalue weighted by molar-refractivity contribution is -0.148. The first-order chi connectivity index (χ1) is 18.5. The van der Waals surface area contributed by atoms with Crippen molar-refractivity contribution in [1.82, 2.24) is 19.4 Å². The van der Waals surface area contributed by atoms with Gasteiger partial charge in [-0.25, -0.2) is 23.2 Å². The summed E-state index contributed by atoms with van der Waals surface area (Å²) >= 11 is 2.25. The van der Waals surface area contributed by atoms with Crippen molar-refractivity contribution in [2.24, 2.45) is 0 Å². The highest BCUT2D eigenvalue weighted by Crippen LogP contribution is 2.41. The fourth-order valence-corrected chi connectivity index (χ4v) is 6.96. The van der Waals surface area contributed by atoms with Crippen LogP contribution in [0.4, 0.5) is 10.5 Å². The monoisotopic (exact) mass is 587 g/mol. The normalized spacial score (nSPS) is 15.7. The van der Waals surface area contributed by atoms with E-state index in [1.807, 2.05) is 31.2 Å². The number of ether oxygens (including phenoxy) is 1. The number of carbonyl (C=O) groups excluding carboxylic acids is 1.